The molecule has 1 aromatic carbocycles. The van der Waals surface area contributed by atoms with E-state index in [0.717, 1.165) is 0 Å². The van der Waals surface area contributed by atoms with Crippen LogP contribution in [0.5, 0.6) is 0 Å². The molecule has 8 heteroatoms. The number of halogens is 2. The molecule has 0 aliphatic heterocycles. The molecule has 1 N–H and O–H groups in total. The highest BCUT2D eigenvalue weighted by atomic mass is 35.5. The molecular weight excluding hydrogens is 317 g/mol. The van der Waals surface area contributed by atoms with E-state index in [4.69, 9.17) is 23.2 Å². The van der Waals surface area contributed by atoms with E-state index in [1.54, 1.807) is 11.8 Å². The third kappa shape index (κ3) is 4.22. The summed E-state index contributed by atoms with van der Waals surface area (Å²) in [6.07, 6.45) is 0. The second kappa shape index (κ2) is 7.47. The molecule has 0 radical (unpaired) electrons. The molecule has 116 valence electrons. The fourth-order valence-electron chi connectivity index (χ4n) is 1.91. The van der Waals surface area contributed by atoms with Gasteiger partial charge in [0, 0.05) is 19.2 Å². The van der Waals surface area contributed by atoms with Crippen molar-refractivity contribution < 1.29 is 9.72 Å². The molecule has 0 fully saturated rings. The molecule has 1 rings (SSSR count). The van der Waals surface area contributed by atoms with Gasteiger partial charge in [0.05, 0.1) is 15.0 Å². The van der Waals surface area contributed by atoms with E-state index in [-0.39, 0.29) is 27.3 Å². The van der Waals surface area contributed by atoms with Crippen molar-refractivity contribution in [3.05, 3.63) is 32.3 Å². The number of amides is 1. The Morgan fingerprint density at radius 2 is 1.86 bits per heavy atom. The average Bonchev–Trinajstić information content (AvgIpc) is 2.43. The van der Waals surface area contributed by atoms with Gasteiger partial charge in [0.1, 0.15) is 11.7 Å². The minimum Gasteiger partial charge on any atom is -0.368 e. The van der Waals surface area contributed by atoms with Gasteiger partial charge in [0.25, 0.3) is 5.69 Å². The number of benzene rings is 1. The fraction of sp³-hybridized carbons (Fsp3) is 0.462. The van der Waals surface area contributed by atoms with Gasteiger partial charge in [-0.1, -0.05) is 23.2 Å². The van der Waals surface area contributed by atoms with Crippen molar-refractivity contribution in [1.82, 2.24) is 4.90 Å². The Labute approximate surface area is 133 Å². The molecule has 1 unspecified atom stereocenters. The van der Waals surface area contributed by atoms with Gasteiger partial charge in [0.2, 0.25) is 5.91 Å². The van der Waals surface area contributed by atoms with Crippen LogP contribution in [-0.4, -0.2) is 34.9 Å². The molecule has 0 saturated heterocycles. The lowest BCUT2D eigenvalue weighted by molar-refractivity contribution is -0.384. The maximum atomic E-state index is 12.2. The molecule has 0 bridgehead atoms. The molecule has 0 aliphatic rings. The van der Waals surface area contributed by atoms with E-state index in [9.17, 15) is 14.9 Å². The first-order valence-corrected chi connectivity index (χ1v) is 7.26. The van der Waals surface area contributed by atoms with Crippen molar-refractivity contribution >= 4 is 40.5 Å². The van der Waals surface area contributed by atoms with E-state index < -0.39 is 11.0 Å². The quantitative estimate of drug-likeness (QED) is 0.637. The van der Waals surface area contributed by atoms with Gasteiger partial charge in [-0.2, -0.15) is 0 Å². The van der Waals surface area contributed by atoms with Gasteiger partial charge < -0.3 is 10.2 Å². The summed E-state index contributed by atoms with van der Waals surface area (Å²) in [6, 6.07) is 1.91. The highest BCUT2D eigenvalue weighted by Crippen LogP contribution is 2.34. The number of nitrogens with one attached hydrogen (secondary N) is 1. The summed E-state index contributed by atoms with van der Waals surface area (Å²) in [7, 11) is 0. The Balaban J connectivity index is 3.04. The monoisotopic (exact) mass is 333 g/mol. The van der Waals surface area contributed by atoms with E-state index in [0.29, 0.717) is 13.1 Å². The zero-order valence-corrected chi connectivity index (χ0v) is 13.5. The number of nitro groups is 1. The lowest BCUT2D eigenvalue weighted by Gasteiger charge is -2.24. The van der Waals surface area contributed by atoms with E-state index in [1.165, 1.54) is 12.1 Å². The molecule has 0 aliphatic carbocycles. The number of hydrogen-bond acceptors (Lipinski definition) is 4. The largest absolute Gasteiger partial charge is 0.368 e. The third-order valence-electron chi connectivity index (χ3n) is 3.05. The summed E-state index contributed by atoms with van der Waals surface area (Å²) >= 11 is 11.7. The van der Waals surface area contributed by atoms with Gasteiger partial charge >= 0.3 is 0 Å². The molecule has 6 nitrogen and oxygen atoms in total. The summed E-state index contributed by atoms with van der Waals surface area (Å²) in [4.78, 5) is 24.3. The van der Waals surface area contributed by atoms with Crippen LogP contribution >= 0.6 is 23.2 Å². The first kappa shape index (κ1) is 17.5. The molecular formula is C13H17Cl2N3O3. The van der Waals surface area contributed by atoms with Gasteiger partial charge in [-0.05, 0) is 26.8 Å². The number of carbonyl (C=O) groups is 1. The van der Waals surface area contributed by atoms with Crippen molar-refractivity contribution in [3.63, 3.8) is 0 Å². The molecule has 1 aromatic rings. The second-order valence-electron chi connectivity index (χ2n) is 4.42. The number of carbonyl (C=O) groups excluding carboxylic acids is 1. The maximum absolute atomic E-state index is 12.2. The lowest BCUT2D eigenvalue weighted by Crippen LogP contribution is -2.41. The Morgan fingerprint density at radius 3 is 2.33 bits per heavy atom. The Morgan fingerprint density at radius 1 is 1.33 bits per heavy atom. The van der Waals surface area contributed by atoms with Crippen molar-refractivity contribution in [2.75, 3.05) is 18.4 Å². The van der Waals surface area contributed by atoms with Crippen molar-refractivity contribution in [2.24, 2.45) is 0 Å². The predicted molar refractivity (Wildman–Crippen MR) is 84.1 cm³/mol. The normalized spacial score (nSPS) is 11.9. The lowest BCUT2D eigenvalue weighted by atomic mass is 10.2. The standard InChI is InChI=1S/C13H17Cl2N3O3/c1-4-17(5-2)13(19)8(3)16-11-6-9(14)10(15)7-12(11)18(20)21/h6-8,16H,4-5H2,1-3H3. The topological polar surface area (TPSA) is 75.5 Å². The Bertz CT molecular complexity index is 548. The minimum atomic E-state index is -0.610. The first-order valence-electron chi connectivity index (χ1n) is 6.50. The molecule has 1 atom stereocenters. The molecule has 0 heterocycles. The molecule has 0 aromatic heterocycles. The summed E-state index contributed by atoms with van der Waals surface area (Å²) < 4.78 is 0. The average molecular weight is 334 g/mol. The van der Waals surface area contributed by atoms with Crippen LogP contribution in [0.25, 0.3) is 0 Å². The van der Waals surface area contributed by atoms with Gasteiger partial charge in [-0.15, -0.1) is 0 Å². The van der Waals surface area contributed by atoms with E-state index >= 15 is 0 Å². The van der Waals surface area contributed by atoms with Crippen molar-refractivity contribution in [1.29, 1.82) is 0 Å². The predicted octanol–water partition coefficient (Wildman–Crippen LogP) is 3.57. The molecule has 1 amide bonds. The number of nitrogens with zero attached hydrogens (tertiary/aromatic N) is 2. The number of likely N-dealkylation sites (N-methyl/N-ethyl adjacent to an activating group) is 1. The fourth-order valence-corrected chi connectivity index (χ4v) is 2.23. The minimum absolute atomic E-state index is 0.0941. The van der Waals surface area contributed by atoms with Crippen molar-refractivity contribution in [2.45, 2.75) is 26.8 Å². The molecule has 0 spiro atoms. The first-order chi connectivity index (χ1) is 9.81. The van der Waals surface area contributed by atoms with Gasteiger partial charge in [-0.25, -0.2) is 0 Å². The highest BCUT2D eigenvalue weighted by Gasteiger charge is 2.23. The summed E-state index contributed by atoms with van der Waals surface area (Å²) in [6.45, 7) is 6.54. The smallest absolute Gasteiger partial charge is 0.293 e. The highest BCUT2D eigenvalue weighted by molar-refractivity contribution is 6.42. The van der Waals surface area contributed by atoms with Crippen LogP contribution in [-0.2, 0) is 4.79 Å². The number of hydrogen-bond donors (Lipinski definition) is 1. The van der Waals surface area contributed by atoms with Crippen LogP contribution in [0.2, 0.25) is 10.0 Å². The van der Waals surface area contributed by atoms with Gasteiger partial charge in [0.15, 0.2) is 0 Å². The van der Waals surface area contributed by atoms with Crippen LogP contribution < -0.4 is 5.32 Å². The molecule has 21 heavy (non-hydrogen) atoms. The number of anilines is 1. The van der Waals surface area contributed by atoms with Crippen LogP contribution in [0.1, 0.15) is 20.8 Å². The van der Waals surface area contributed by atoms with Crippen LogP contribution in [0, 0.1) is 10.1 Å². The van der Waals surface area contributed by atoms with Crippen LogP contribution in [0.4, 0.5) is 11.4 Å². The van der Waals surface area contributed by atoms with Gasteiger partial charge in [-0.3, -0.25) is 14.9 Å². The van der Waals surface area contributed by atoms with Crippen molar-refractivity contribution in [3.8, 4) is 0 Å². The SMILES string of the molecule is CCN(CC)C(=O)C(C)Nc1cc(Cl)c(Cl)cc1[N+](=O)[O-]. The third-order valence-corrected chi connectivity index (χ3v) is 3.78. The van der Waals surface area contributed by atoms with E-state index in [1.807, 2.05) is 13.8 Å². The Hall–Kier alpha value is -1.53. The zero-order chi connectivity index (χ0) is 16.2. The summed E-state index contributed by atoms with van der Waals surface area (Å²) in [5, 5.41) is 14.2. The zero-order valence-electron chi connectivity index (χ0n) is 12.0. The summed E-state index contributed by atoms with van der Waals surface area (Å²) in [5.74, 6) is -0.139. The number of nitro benzene ring substituents is 1. The second-order valence-corrected chi connectivity index (χ2v) is 5.23. The van der Waals surface area contributed by atoms with Crippen LogP contribution in [0.15, 0.2) is 12.1 Å². The number of rotatable bonds is 6. The Kier molecular flexibility index (Phi) is 6.23. The molecule has 0 saturated carbocycles. The van der Waals surface area contributed by atoms with Crippen LogP contribution in [0.3, 0.4) is 0 Å². The van der Waals surface area contributed by atoms with E-state index in [2.05, 4.69) is 5.32 Å². The summed E-state index contributed by atoms with van der Waals surface area (Å²) in [5.41, 5.74) is -0.0500. The maximum Gasteiger partial charge on any atom is 0.293 e.